The number of benzene rings is 1. The molecule has 1 aromatic carbocycles. The summed E-state index contributed by atoms with van der Waals surface area (Å²) in [6.45, 7) is 2.80. The lowest BCUT2D eigenvalue weighted by atomic mass is 9.92. The molecule has 1 aromatic rings. The molecular weight excluding hydrogens is 270 g/mol. The molecule has 0 saturated carbocycles. The molecular formula is C15H21N3O3. The van der Waals surface area contributed by atoms with E-state index in [9.17, 15) is 9.59 Å². The number of nitrogens with one attached hydrogen (secondary N) is 2. The summed E-state index contributed by atoms with van der Waals surface area (Å²) in [6.07, 6.45) is 2.17. The van der Waals surface area contributed by atoms with E-state index in [2.05, 4.69) is 17.6 Å². The van der Waals surface area contributed by atoms with E-state index in [0.29, 0.717) is 17.4 Å². The number of hydrogen-bond acceptors (Lipinski definition) is 4. The minimum absolute atomic E-state index is 0.0204. The number of primary amides is 1. The molecule has 1 aliphatic rings. The van der Waals surface area contributed by atoms with E-state index < -0.39 is 5.91 Å². The van der Waals surface area contributed by atoms with Crippen molar-refractivity contribution < 1.29 is 14.3 Å². The SMILES string of the molecule is CC1CCCNC1C(=O)Nc1ccc(OCC(N)=O)cc1. The third-order valence-corrected chi connectivity index (χ3v) is 3.55. The molecule has 2 unspecified atom stereocenters. The topological polar surface area (TPSA) is 93.4 Å². The summed E-state index contributed by atoms with van der Waals surface area (Å²) in [5, 5.41) is 6.13. The van der Waals surface area contributed by atoms with Crippen LogP contribution in [0.15, 0.2) is 24.3 Å². The molecule has 2 atom stereocenters. The standard InChI is InChI=1S/C15H21N3O3/c1-10-3-2-8-17-14(10)15(20)18-11-4-6-12(7-5-11)21-9-13(16)19/h4-7,10,14,17H,2-3,8-9H2,1H3,(H2,16,19)(H,18,20). The zero-order valence-corrected chi connectivity index (χ0v) is 12.1. The Bertz CT molecular complexity index is 501. The van der Waals surface area contributed by atoms with Gasteiger partial charge in [-0.15, -0.1) is 0 Å². The molecule has 2 amide bonds. The number of nitrogens with two attached hydrogens (primary N) is 1. The van der Waals surface area contributed by atoms with Crippen LogP contribution in [0.5, 0.6) is 5.75 Å². The van der Waals surface area contributed by atoms with Crippen molar-refractivity contribution in [2.75, 3.05) is 18.5 Å². The van der Waals surface area contributed by atoms with Gasteiger partial charge >= 0.3 is 0 Å². The highest BCUT2D eigenvalue weighted by atomic mass is 16.5. The summed E-state index contributed by atoms with van der Waals surface area (Å²) in [7, 11) is 0. The fourth-order valence-corrected chi connectivity index (χ4v) is 2.41. The Morgan fingerprint density at radius 3 is 2.71 bits per heavy atom. The lowest BCUT2D eigenvalue weighted by Crippen LogP contribution is -2.48. The maximum Gasteiger partial charge on any atom is 0.255 e. The summed E-state index contributed by atoms with van der Waals surface area (Å²) in [5.41, 5.74) is 5.70. The normalized spacial score (nSPS) is 21.6. The highest BCUT2D eigenvalue weighted by Gasteiger charge is 2.27. The van der Waals surface area contributed by atoms with Crippen LogP contribution in [0.1, 0.15) is 19.8 Å². The maximum atomic E-state index is 12.2. The number of piperidine rings is 1. The molecule has 0 radical (unpaired) electrons. The van der Waals surface area contributed by atoms with Crippen molar-refractivity contribution in [2.45, 2.75) is 25.8 Å². The van der Waals surface area contributed by atoms with Crippen molar-refractivity contribution >= 4 is 17.5 Å². The van der Waals surface area contributed by atoms with Crippen molar-refractivity contribution in [1.29, 1.82) is 0 Å². The van der Waals surface area contributed by atoms with Crippen LogP contribution in [0.3, 0.4) is 0 Å². The Hall–Kier alpha value is -2.08. The van der Waals surface area contributed by atoms with E-state index in [1.807, 2.05) is 0 Å². The molecule has 0 spiro atoms. The summed E-state index contributed by atoms with van der Waals surface area (Å²) >= 11 is 0. The molecule has 1 heterocycles. The largest absolute Gasteiger partial charge is 0.484 e. The van der Waals surface area contributed by atoms with Gasteiger partial charge in [0.2, 0.25) is 5.91 Å². The molecule has 1 aliphatic heterocycles. The zero-order chi connectivity index (χ0) is 15.2. The molecule has 4 N–H and O–H groups in total. The summed E-state index contributed by atoms with van der Waals surface area (Å²) in [4.78, 5) is 22.8. The Kier molecular flexibility index (Phi) is 5.16. The molecule has 0 aliphatic carbocycles. The summed E-state index contributed by atoms with van der Waals surface area (Å²) < 4.78 is 5.16. The molecule has 6 heteroatoms. The number of amides is 2. The van der Waals surface area contributed by atoms with E-state index in [0.717, 1.165) is 19.4 Å². The van der Waals surface area contributed by atoms with Crippen LogP contribution in [0.4, 0.5) is 5.69 Å². The molecule has 1 saturated heterocycles. The summed E-state index contributed by atoms with van der Waals surface area (Å²) in [5.74, 6) is 0.325. The van der Waals surface area contributed by atoms with E-state index in [-0.39, 0.29) is 18.6 Å². The second-order valence-corrected chi connectivity index (χ2v) is 5.32. The van der Waals surface area contributed by atoms with Crippen molar-refractivity contribution in [1.82, 2.24) is 5.32 Å². The van der Waals surface area contributed by atoms with Crippen LogP contribution in [0, 0.1) is 5.92 Å². The second kappa shape index (κ2) is 7.08. The fraction of sp³-hybridized carbons (Fsp3) is 0.467. The Morgan fingerprint density at radius 1 is 1.38 bits per heavy atom. The van der Waals surface area contributed by atoms with Crippen molar-refractivity contribution in [3.63, 3.8) is 0 Å². The summed E-state index contributed by atoms with van der Waals surface area (Å²) in [6, 6.07) is 6.71. The lowest BCUT2D eigenvalue weighted by molar-refractivity contribution is -0.120. The number of ether oxygens (including phenoxy) is 1. The van der Waals surface area contributed by atoms with Crippen LogP contribution in [0.25, 0.3) is 0 Å². The first-order valence-electron chi connectivity index (χ1n) is 7.11. The van der Waals surface area contributed by atoms with Gasteiger partial charge in [0.05, 0.1) is 6.04 Å². The molecule has 0 bridgehead atoms. The van der Waals surface area contributed by atoms with Gasteiger partial charge in [0.1, 0.15) is 5.75 Å². The monoisotopic (exact) mass is 291 g/mol. The molecule has 1 fully saturated rings. The highest BCUT2D eigenvalue weighted by Crippen LogP contribution is 2.19. The van der Waals surface area contributed by atoms with Crippen LogP contribution >= 0.6 is 0 Å². The van der Waals surface area contributed by atoms with Crippen molar-refractivity contribution in [3.8, 4) is 5.75 Å². The number of rotatable bonds is 5. The minimum atomic E-state index is -0.523. The van der Waals surface area contributed by atoms with Gasteiger partial charge in [-0.1, -0.05) is 6.92 Å². The van der Waals surface area contributed by atoms with Crippen LogP contribution in [0.2, 0.25) is 0 Å². The second-order valence-electron chi connectivity index (χ2n) is 5.32. The third-order valence-electron chi connectivity index (χ3n) is 3.55. The van der Waals surface area contributed by atoms with Gasteiger partial charge in [0.25, 0.3) is 5.91 Å². The van der Waals surface area contributed by atoms with Crippen LogP contribution < -0.4 is 21.1 Å². The Balaban J connectivity index is 1.90. The van der Waals surface area contributed by atoms with Gasteiger partial charge in [-0.25, -0.2) is 0 Å². The maximum absolute atomic E-state index is 12.2. The van der Waals surface area contributed by atoms with E-state index in [1.54, 1.807) is 24.3 Å². The minimum Gasteiger partial charge on any atom is -0.484 e. The van der Waals surface area contributed by atoms with Gasteiger partial charge in [0, 0.05) is 5.69 Å². The number of anilines is 1. The molecule has 0 aromatic heterocycles. The third kappa shape index (κ3) is 4.46. The number of carbonyl (C=O) groups is 2. The number of carbonyl (C=O) groups excluding carboxylic acids is 2. The van der Waals surface area contributed by atoms with E-state index in [4.69, 9.17) is 10.5 Å². The molecule has 2 rings (SSSR count). The van der Waals surface area contributed by atoms with Gasteiger partial charge < -0.3 is 21.1 Å². The van der Waals surface area contributed by atoms with Gasteiger partial charge in [0.15, 0.2) is 6.61 Å². The first-order chi connectivity index (χ1) is 10.1. The Labute approximate surface area is 124 Å². The number of hydrogen-bond donors (Lipinski definition) is 3. The fourth-order valence-electron chi connectivity index (χ4n) is 2.41. The van der Waals surface area contributed by atoms with Crippen LogP contribution in [-0.2, 0) is 9.59 Å². The lowest BCUT2D eigenvalue weighted by Gasteiger charge is -2.28. The first-order valence-corrected chi connectivity index (χ1v) is 7.11. The van der Waals surface area contributed by atoms with E-state index >= 15 is 0 Å². The van der Waals surface area contributed by atoms with Gasteiger partial charge in [-0.05, 0) is 49.6 Å². The van der Waals surface area contributed by atoms with Crippen molar-refractivity contribution in [3.05, 3.63) is 24.3 Å². The van der Waals surface area contributed by atoms with Gasteiger partial charge in [-0.3, -0.25) is 9.59 Å². The van der Waals surface area contributed by atoms with Gasteiger partial charge in [-0.2, -0.15) is 0 Å². The first kappa shape index (κ1) is 15.3. The highest BCUT2D eigenvalue weighted by molar-refractivity contribution is 5.95. The van der Waals surface area contributed by atoms with E-state index in [1.165, 1.54) is 0 Å². The zero-order valence-electron chi connectivity index (χ0n) is 12.1. The molecule has 6 nitrogen and oxygen atoms in total. The quantitative estimate of drug-likeness (QED) is 0.750. The van der Waals surface area contributed by atoms with Crippen molar-refractivity contribution in [2.24, 2.45) is 11.7 Å². The average molecular weight is 291 g/mol. The Morgan fingerprint density at radius 2 is 2.10 bits per heavy atom. The average Bonchev–Trinajstić information content (AvgIpc) is 2.47. The predicted molar refractivity (Wildman–Crippen MR) is 79.9 cm³/mol. The van der Waals surface area contributed by atoms with Crippen LogP contribution in [-0.4, -0.2) is 31.0 Å². The predicted octanol–water partition coefficient (Wildman–Crippen LogP) is 0.877. The smallest absolute Gasteiger partial charge is 0.255 e. The molecule has 114 valence electrons. The molecule has 21 heavy (non-hydrogen) atoms.